The standard InChI is InChI=1S/C17H23NO/c1-13-5-6-14-12-17(19-16(14)11-13)7-9-18(10-8-17)15-3-2-4-15/h5-6,11,15H,2-4,7-10,12H2,1H3. The van der Waals surface area contributed by atoms with Gasteiger partial charge in [0.2, 0.25) is 0 Å². The second-order valence-electron chi connectivity index (χ2n) is 6.69. The Morgan fingerprint density at radius 1 is 1.21 bits per heavy atom. The normalized spacial score (nSPS) is 25.9. The summed E-state index contributed by atoms with van der Waals surface area (Å²) < 4.78 is 6.37. The molecule has 0 amide bonds. The van der Waals surface area contributed by atoms with Crippen LogP contribution in [0.1, 0.15) is 43.2 Å². The highest BCUT2D eigenvalue weighted by molar-refractivity contribution is 5.42. The first kappa shape index (κ1) is 11.8. The largest absolute Gasteiger partial charge is 0.487 e. The molecule has 1 aromatic rings. The SMILES string of the molecule is Cc1ccc2c(c1)OC1(CCN(C3CCC3)CC1)C2. The van der Waals surface area contributed by atoms with E-state index in [2.05, 4.69) is 30.0 Å². The minimum Gasteiger partial charge on any atom is -0.487 e. The van der Waals surface area contributed by atoms with Crippen LogP contribution in [0, 0.1) is 6.92 Å². The van der Waals surface area contributed by atoms with Crippen molar-refractivity contribution in [3.8, 4) is 5.75 Å². The lowest BCUT2D eigenvalue weighted by Crippen LogP contribution is -2.52. The number of aryl methyl sites for hydroxylation is 1. The molecule has 4 rings (SSSR count). The van der Waals surface area contributed by atoms with Gasteiger partial charge < -0.3 is 9.64 Å². The fourth-order valence-corrected chi connectivity index (χ4v) is 3.85. The lowest BCUT2D eigenvalue weighted by molar-refractivity contribution is -0.00748. The van der Waals surface area contributed by atoms with E-state index in [9.17, 15) is 0 Å². The molecule has 2 heteroatoms. The third-order valence-electron chi connectivity index (χ3n) is 5.36. The van der Waals surface area contributed by atoms with Crippen molar-refractivity contribution in [3.63, 3.8) is 0 Å². The Labute approximate surface area is 115 Å². The molecule has 2 aliphatic heterocycles. The maximum atomic E-state index is 6.37. The molecule has 1 saturated carbocycles. The topological polar surface area (TPSA) is 12.5 Å². The van der Waals surface area contributed by atoms with Crippen molar-refractivity contribution in [1.29, 1.82) is 0 Å². The zero-order valence-corrected chi connectivity index (χ0v) is 11.8. The predicted octanol–water partition coefficient (Wildman–Crippen LogP) is 3.32. The van der Waals surface area contributed by atoms with Crippen LogP contribution in [-0.2, 0) is 6.42 Å². The van der Waals surface area contributed by atoms with E-state index in [1.54, 1.807) is 0 Å². The maximum absolute atomic E-state index is 6.37. The first-order valence-corrected chi connectivity index (χ1v) is 7.77. The summed E-state index contributed by atoms with van der Waals surface area (Å²) in [5, 5.41) is 0. The number of ether oxygens (including phenoxy) is 1. The molecule has 1 aliphatic carbocycles. The Hall–Kier alpha value is -1.02. The van der Waals surface area contributed by atoms with Gasteiger partial charge in [-0.1, -0.05) is 18.6 Å². The zero-order chi connectivity index (χ0) is 12.9. The number of likely N-dealkylation sites (tertiary alicyclic amines) is 1. The summed E-state index contributed by atoms with van der Waals surface area (Å²) in [5.41, 5.74) is 2.85. The monoisotopic (exact) mass is 257 g/mol. The van der Waals surface area contributed by atoms with Gasteiger partial charge in [-0.15, -0.1) is 0 Å². The summed E-state index contributed by atoms with van der Waals surface area (Å²) in [6.45, 7) is 4.61. The van der Waals surface area contributed by atoms with Crippen LogP contribution in [-0.4, -0.2) is 29.6 Å². The Morgan fingerprint density at radius 2 is 2.00 bits per heavy atom. The molecule has 3 aliphatic rings. The second-order valence-corrected chi connectivity index (χ2v) is 6.69. The average Bonchev–Trinajstić information content (AvgIpc) is 2.67. The highest BCUT2D eigenvalue weighted by Gasteiger charge is 2.43. The highest BCUT2D eigenvalue weighted by Crippen LogP contribution is 2.42. The van der Waals surface area contributed by atoms with Crippen LogP contribution in [0.5, 0.6) is 5.75 Å². The van der Waals surface area contributed by atoms with Gasteiger partial charge in [0.05, 0.1) is 0 Å². The van der Waals surface area contributed by atoms with Crippen molar-refractivity contribution in [2.75, 3.05) is 13.1 Å². The lowest BCUT2D eigenvalue weighted by atomic mass is 9.84. The van der Waals surface area contributed by atoms with Gasteiger partial charge in [0.1, 0.15) is 11.4 Å². The first-order chi connectivity index (χ1) is 9.24. The van der Waals surface area contributed by atoms with Gasteiger partial charge in [0, 0.05) is 38.4 Å². The number of hydrogen-bond acceptors (Lipinski definition) is 2. The van der Waals surface area contributed by atoms with Crippen LogP contribution in [0.3, 0.4) is 0 Å². The Kier molecular flexibility index (Phi) is 2.63. The summed E-state index contributed by atoms with van der Waals surface area (Å²) in [6.07, 6.45) is 7.82. The molecular weight excluding hydrogens is 234 g/mol. The molecule has 1 spiro atoms. The van der Waals surface area contributed by atoms with E-state index in [1.165, 1.54) is 56.3 Å². The second kappa shape index (κ2) is 4.24. The molecule has 2 fully saturated rings. The number of rotatable bonds is 1. The van der Waals surface area contributed by atoms with Crippen LogP contribution in [0.25, 0.3) is 0 Å². The Balaban J connectivity index is 1.47. The van der Waals surface area contributed by atoms with Gasteiger partial charge in [-0.2, -0.15) is 0 Å². The van der Waals surface area contributed by atoms with Crippen LogP contribution < -0.4 is 4.74 Å². The molecule has 0 radical (unpaired) electrons. The van der Waals surface area contributed by atoms with Crippen molar-refractivity contribution < 1.29 is 4.74 Å². The van der Waals surface area contributed by atoms with E-state index < -0.39 is 0 Å². The molecule has 0 bridgehead atoms. The average molecular weight is 257 g/mol. The van der Waals surface area contributed by atoms with Crippen LogP contribution in [0.4, 0.5) is 0 Å². The fourth-order valence-electron chi connectivity index (χ4n) is 3.85. The number of hydrogen-bond donors (Lipinski definition) is 0. The van der Waals surface area contributed by atoms with E-state index in [-0.39, 0.29) is 5.60 Å². The van der Waals surface area contributed by atoms with Gasteiger partial charge in [-0.25, -0.2) is 0 Å². The number of piperidine rings is 1. The summed E-state index contributed by atoms with van der Waals surface area (Å²) in [7, 11) is 0. The van der Waals surface area contributed by atoms with Crippen molar-refractivity contribution >= 4 is 0 Å². The van der Waals surface area contributed by atoms with E-state index in [1.807, 2.05) is 0 Å². The Bertz CT molecular complexity index is 484. The predicted molar refractivity (Wildman–Crippen MR) is 76.7 cm³/mol. The molecule has 2 heterocycles. The van der Waals surface area contributed by atoms with Crippen LogP contribution >= 0.6 is 0 Å². The zero-order valence-electron chi connectivity index (χ0n) is 11.8. The van der Waals surface area contributed by atoms with Crippen molar-refractivity contribution in [3.05, 3.63) is 29.3 Å². The lowest BCUT2D eigenvalue weighted by Gasteiger charge is -2.45. The minimum atomic E-state index is 0.121. The Morgan fingerprint density at radius 3 is 2.68 bits per heavy atom. The number of benzene rings is 1. The fraction of sp³-hybridized carbons (Fsp3) is 0.647. The molecule has 1 aromatic carbocycles. The van der Waals surface area contributed by atoms with E-state index in [0.29, 0.717) is 0 Å². The third kappa shape index (κ3) is 1.97. The molecule has 2 nitrogen and oxygen atoms in total. The van der Waals surface area contributed by atoms with E-state index in [0.717, 1.165) is 18.2 Å². The molecule has 0 aromatic heterocycles. The summed E-state index contributed by atoms with van der Waals surface area (Å²) >= 11 is 0. The van der Waals surface area contributed by atoms with Crippen LogP contribution in [0.2, 0.25) is 0 Å². The summed E-state index contributed by atoms with van der Waals surface area (Å²) in [4.78, 5) is 2.70. The molecule has 0 atom stereocenters. The molecule has 0 N–H and O–H groups in total. The van der Waals surface area contributed by atoms with Crippen LogP contribution in [0.15, 0.2) is 18.2 Å². The maximum Gasteiger partial charge on any atom is 0.123 e. The highest BCUT2D eigenvalue weighted by atomic mass is 16.5. The summed E-state index contributed by atoms with van der Waals surface area (Å²) in [6, 6.07) is 7.58. The molecule has 19 heavy (non-hydrogen) atoms. The first-order valence-electron chi connectivity index (χ1n) is 7.77. The van der Waals surface area contributed by atoms with Crippen molar-refractivity contribution in [2.24, 2.45) is 0 Å². The van der Waals surface area contributed by atoms with Gasteiger partial charge in [0.15, 0.2) is 0 Å². The minimum absolute atomic E-state index is 0.121. The van der Waals surface area contributed by atoms with E-state index >= 15 is 0 Å². The van der Waals surface area contributed by atoms with Gasteiger partial charge in [-0.3, -0.25) is 0 Å². The third-order valence-corrected chi connectivity index (χ3v) is 5.36. The van der Waals surface area contributed by atoms with Gasteiger partial charge >= 0.3 is 0 Å². The van der Waals surface area contributed by atoms with Crippen molar-refractivity contribution in [1.82, 2.24) is 4.90 Å². The molecular formula is C17H23NO. The number of nitrogens with zero attached hydrogens (tertiary/aromatic N) is 1. The van der Waals surface area contributed by atoms with E-state index in [4.69, 9.17) is 4.74 Å². The van der Waals surface area contributed by atoms with Gasteiger partial charge in [0.25, 0.3) is 0 Å². The number of fused-ring (bicyclic) bond motifs is 1. The molecule has 0 unspecified atom stereocenters. The summed E-state index contributed by atoms with van der Waals surface area (Å²) in [5.74, 6) is 1.15. The molecule has 102 valence electrons. The van der Waals surface area contributed by atoms with Crippen molar-refractivity contribution in [2.45, 2.75) is 57.1 Å². The quantitative estimate of drug-likeness (QED) is 0.765. The van der Waals surface area contributed by atoms with Gasteiger partial charge in [-0.05, 0) is 37.0 Å². The molecule has 1 saturated heterocycles. The smallest absolute Gasteiger partial charge is 0.123 e.